The van der Waals surface area contributed by atoms with Gasteiger partial charge >= 0.3 is 0 Å². The van der Waals surface area contributed by atoms with E-state index in [1.807, 2.05) is 6.92 Å². The van der Waals surface area contributed by atoms with Gasteiger partial charge in [-0.3, -0.25) is 0 Å². The van der Waals surface area contributed by atoms with Crippen LogP contribution >= 0.6 is 0 Å². The van der Waals surface area contributed by atoms with Gasteiger partial charge in [0.05, 0.1) is 6.54 Å². The van der Waals surface area contributed by atoms with Crippen molar-refractivity contribution < 1.29 is 17.2 Å². The fraction of sp³-hybridized carbons (Fsp3) is 0.231. The van der Waals surface area contributed by atoms with Crippen molar-refractivity contribution in [1.82, 2.24) is 5.32 Å². The fourth-order valence-corrected chi connectivity index (χ4v) is 2.21. The van der Waals surface area contributed by atoms with E-state index in [9.17, 15) is 12.8 Å². The zero-order valence-corrected chi connectivity index (χ0v) is 11.7. The van der Waals surface area contributed by atoms with Crippen LogP contribution in [0.3, 0.4) is 0 Å². The smallest absolute Gasteiger partial charge is 0.271 e. The molecule has 0 aliphatic carbocycles. The van der Waals surface area contributed by atoms with Crippen molar-refractivity contribution in [1.29, 1.82) is 0 Å². The molecule has 2 rings (SSSR count). The lowest BCUT2D eigenvalue weighted by Crippen LogP contribution is -2.17. The molecule has 108 valence electrons. The molecule has 7 heteroatoms. The first kappa shape index (κ1) is 14.7. The molecule has 0 amide bonds. The highest BCUT2D eigenvalue weighted by atomic mass is 32.2. The van der Waals surface area contributed by atoms with E-state index < -0.39 is 10.0 Å². The van der Waals surface area contributed by atoms with Crippen LogP contribution in [0.25, 0.3) is 0 Å². The van der Waals surface area contributed by atoms with Crippen LogP contribution in [-0.2, 0) is 16.6 Å². The SMILES string of the molecule is C[C@H](NCc1ccc(S(N)(=O)=O)o1)c1ccc(F)cc1. The Kier molecular flexibility index (Phi) is 4.22. The van der Waals surface area contributed by atoms with E-state index in [4.69, 9.17) is 9.56 Å². The Morgan fingerprint density at radius 1 is 1.25 bits per heavy atom. The Balaban J connectivity index is 1.98. The highest BCUT2D eigenvalue weighted by Crippen LogP contribution is 2.16. The molecule has 0 fully saturated rings. The summed E-state index contributed by atoms with van der Waals surface area (Å²) in [7, 11) is -3.81. The summed E-state index contributed by atoms with van der Waals surface area (Å²) in [5.41, 5.74) is 0.921. The monoisotopic (exact) mass is 298 g/mol. The molecule has 0 unspecified atom stereocenters. The Bertz CT molecular complexity index is 680. The maximum atomic E-state index is 12.8. The van der Waals surface area contributed by atoms with Gasteiger partial charge in [0, 0.05) is 6.04 Å². The average Bonchev–Trinajstić information content (AvgIpc) is 2.85. The van der Waals surface area contributed by atoms with E-state index in [1.165, 1.54) is 18.2 Å². The largest absolute Gasteiger partial charge is 0.447 e. The topological polar surface area (TPSA) is 85.3 Å². The van der Waals surface area contributed by atoms with Crippen LogP contribution < -0.4 is 10.5 Å². The summed E-state index contributed by atoms with van der Waals surface area (Å²) in [6.07, 6.45) is 0. The molecule has 0 bridgehead atoms. The van der Waals surface area contributed by atoms with Crippen molar-refractivity contribution >= 4 is 10.0 Å². The molecule has 0 aliphatic heterocycles. The Hall–Kier alpha value is -1.70. The number of halogens is 1. The number of hydrogen-bond acceptors (Lipinski definition) is 4. The minimum atomic E-state index is -3.81. The lowest BCUT2D eigenvalue weighted by atomic mass is 10.1. The lowest BCUT2D eigenvalue weighted by molar-refractivity contribution is 0.393. The van der Waals surface area contributed by atoms with Crippen LogP contribution in [0.15, 0.2) is 45.9 Å². The second-order valence-corrected chi connectivity index (χ2v) is 5.91. The Labute approximate surface area is 116 Å². The molecule has 0 radical (unpaired) electrons. The van der Waals surface area contributed by atoms with Crippen LogP contribution in [0.4, 0.5) is 4.39 Å². The minimum Gasteiger partial charge on any atom is -0.447 e. The van der Waals surface area contributed by atoms with Gasteiger partial charge < -0.3 is 9.73 Å². The number of sulfonamides is 1. The third-order valence-electron chi connectivity index (χ3n) is 2.87. The van der Waals surface area contributed by atoms with Crippen LogP contribution in [0.5, 0.6) is 0 Å². The van der Waals surface area contributed by atoms with E-state index in [1.54, 1.807) is 18.2 Å². The molecular weight excluding hydrogens is 283 g/mol. The predicted octanol–water partition coefficient (Wildman–Crippen LogP) is 1.92. The molecule has 0 aliphatic rings. The summed E-state index contributed by atoms with van der Waals surface area (Å²) in [5.74, 6) is 0.174. The molecule has 2 aromatic rings. The first-order valence-corrected chi connectivity index (χ1v) is 7.51. The third-order valence-corrected chi connectivity index (χ3v) is 3.65. The Morgan fingerprint density at radius 2 is 1.90 bits per heavy atom. The van der Waals surface area contributed by atoms with Gasteiger partial charge in [-0.05, 0) is 36.8 Å². The summed E-state index contributed by atoms with van der Waals surface area (Å²) < 4.78 is 40.1. The summed E-state index contributed by atoms with van der Waals surface area (Å²) in [5, 5.41) is 7.84. The standard InChI is InChI=1S/C13H15FN2O3S/c1-9(10-2-4-11(14)5-3-10)16-8-12-6-7-13(19-12)20(15,17)18/h2-7,9,16H,8H2,1H3,(H2,15,17,18)/t9-/m0/s1. The van der Waals surface area contributed by atoms with Gasteiger partial charge in [-0.1, -0.05) is 12.1 Å². The number of hydrogen-bond donors (Lipinski definition) is 2. The molecule has 3 N–H and O–H groups in total. The predicted molar refractivity (Wildman–Crippen MR) is 71.7 cm³/mol. The summed E-state index contributed by atoms with van der Waals surface area (Å²) in [6.45, 7) is 2.25. The lowest BCUT2D eigenvalue weighted by Gasteiger charge is -2.13. The number of nitrogens with two attached hydrogens (primary N) is 1. The number of furan rings is 1. The zero-order valence-electron chi connectivity index (χ0n) is 10.8. The van der Waals surface area contributed by atoms with Gasteiger partial charge in [-0.15, -0.1) is 0 Å². The fourth-order valence-electron chi connectivity index (χ4n) is 1.73. The maximum absolute atomic E-state index is 12.8. The van der Waals surface area contributed by atoms with E-state index >= 15 is 0 Å². The quantitative estimate of drug-likeness (QED) is 0.883. The second kappa shape index (κ2) is 5.74. The van der Waals surface area contributed by atoms with Crippen LogP contribution in [0, 0.1) is 5.82 Å². The van der Waals surface area contributed by atoms with Gasteiger partial charge in [0.1, 0.15) is 11.6 Å². The van der Waals surface area contributed by atoms with Gasteiger partial charge in [0.2, 0.25) is 5.09 Å². The molecule has 0 saturated carbocycles. The second-order valence-electron chi connectivity index (χ2n) is 4.42. The normalized spacial score (nSPS) is 13.3. The van der Waals surface area contributed by atoms with Crippen molar-refractivity contribution in [2.75, 3.05) is 0 Å². The van der Waals surface area contributed by atoms with E-state index in [2.05, 4.69) is 5.32 Å². The van der Waals surface area contributed by atoms with Crippen LogP contribution in [0.1, 0.15) is 24.3 Å². The molecule has 1 aromatic heterocycles. The first-order chi connectivity index (χ1) is 9.36. The van der Waals surface area contributed by atoms with Crippen molar-refractivity contribution in [2.45, 2.75) is 24.6 Å². The van der Waals surface area contributed by atoms with E-state index in [0.717, 1.165) is 5.56 Å². The highest BCUT2D eigenvalue weighted by Gasteiger charge is 2.13. The Morgan fingerprint density at radius 3 is 2.45 bits per heavy atom. The van der Waals surface area contributed by atoms with Gasteiger partial charge in [0.15, 0.2) is 0 Å². The average molecular weight is 298 g/mol. The summed E-state index contributed by atoms with van der Waals surface area (Å²) in [4.78, 5) is 0. The maximum Gasteiger partial charge on any atom is 0.271 e. The number of rotatable bonds is 5. The van der Waals surface area contributed by atoms with Crippen molar-refractivity contribution in [3.8, 4) is 0 Å². The van der Waals surface area contributed by atoms with Crippen molar-refractivity contribution in [3.63, 3.8) is 0 Å². The van der Waals surface area contributed by atoms with Crippen LogP contribution in [0.2, 0.25) is 0 Å². The number of benzene rings is 1. The van der Waals surface area contributed by atoms with Gasteiger partial charge in [-0.25, -0.2) is 17.9 Å². The molecule has 1 aromatic carbocycles. The molecule has 0 spiro atoms. The molecule has 5 nitrogen and oxygen atoms in total. The van der Waals surface area contributed by atoms with Crippen molar-refractivity contribution in [2.24, 2.45) is 5.14 Å². The molecular formula is C13H15FN2O3S. The van der Waals surface area contributed by atoms with Gasteiger partial charge in [0.25, 0.3) is 10.0 Å². The zero-order chi connectivity index (χ0) is 14.8. The highest BCUT2D eigenvalue weighted by molar-refractivity contribution is 7.89. The van der Waals surface area contributed by atoms with Crippen molar-refractivity contribution in [3.05, 3.63) is 53.5 Å². The minimum absolute atomic E-state index is 0.0290. The molecule has 20 heavy (non-hydrogen) atoms. The van der Waals surface area contributed by atoms with Crippen LogP contribution in [-0.4, -0.2) is 8.42 Å². The van der Waals surface area contributed by atoms with Gasteiger partial charge in [-0.2, -0.15) is 0 Å². The summed E-state index contributed by atoms with van der Waals surface area (Å²) >= 11 is 0. The molecule has 1 atom stereocenters. The molecule has 0 saturated heterocycles. The molecule has 1 heterocycles. The van der Waals surface area contributed by atoms with E-state index in [0.29, 0.717) is 12.3 Å². The van der Waals surface area contributed by atoms with E-state index in [-0.39, 0.29) is 17.0 Å². The third kappa shape index (κ3) is 3.66. The summed E-state index contributed by atoms with van der Waals surface area (Å²) in [6, 6.07) is 8.98. The first-order valence-electron chi connectivity index (χ1n) is 5.96. The number of nitrogens with one attached hydrogen (secondary N) is 1. The number of primary sulfonamides is 1.